The third-order valence-electron chi connectivity index (χ3n) is 10.7. The molecular weight excluding hydrogens is 737 g/mol. The first kappa shape index (κ1) is 41.0. The Morgan fingerprint density at radius 1 is 1.09 bits per heavy atom. The van der Waals surface area contributed by atoms with E-state index in [4.69, 9.17) is 9.47 Å². The average Bonchev–Trinajstić information content (AvgIpc) is 3.85. The van der Waals surface area contributed by atoms with Gasteiger partial charge in [-0.2, -0.15) is 0 Å². The van der Waals surface area contributed by atoms with Gasteiger partial charge in [-0.1, -0.05) is 55.5 Å². The second kappa shape index (κ2) is 19.5. The number of piperidine rings is 1. The number of hydrogen-bond donors (Lipinski definition) is 3. The summed E-state index contributed by atoms with van der Waals surface area (Å²) in [6, 6.07) is 12.2. The standard InChI is InChI=1S/C41H56N6O6S2/c1-4-46(21-17-42-16-10-32-8-9-34(48)36-37(32)55-40(51)44-36)35(49)13-24-52-23-12-31-7-5-6-30(26-31)11-18-45-19-14-41(15-20-45)28-47(22-25-53-41)39(50)33-27-54-38(43-33)29(2)3/h5-9,26-27,29,42,48H,4,10-25,28H2,1-3H3,(H,44,51). The quantitative estimate of drug-likeness (QED) is 0.118. The van der Waals surface area contributed by atoms with Gasteiger partial charge in [0, 0.05) is 57.1 Å². The van der Waals surface area contributed by atoms with Gasteiger partial charge in [-0.25, -0.2) is 4.98 Å². The molecule has 3 N–H and O–H groups in total. The molecule has 55 heavy (non-hydrogen) atoms. The Bertz CT molecular complexity index is 1930. The van der Waals surface area contributed by atoms with Crippen molar-refractivity contribution in [3.05, 3.63) is 78.8 Å². The molecule has 2 aliphatic rings. The minimum absolute atomic E-state index is 0.0249. The van der Waals surface area contributed by atoms with Crippen molar-refractivity contribution in [2.75, 3.05) is 78.7 Å². The van der Waals surface area contributed by atoms with E-state index in [9.17, 15) is 19.5 Å². The molecule has 2 aliphatic heterocycles. The average molecular weight is 793 g/mol. The number of phenols is 1. The van der Waals surface area contributed by atoms with Crippen LogP contribution in [0.15, 0.2) is 46.6 Å². The van der Waals surface area contributed by atoms with E-state index in [2.05, 4.69) is 58.3 Å². The van der Waals surface area contributed by atoms with Gasteiger partial charge in [-0.15, -0.1) is 11.3 Å². The Labute approximate surface area is 331 Å². The number of morpholine rings is 1. The van der Waals surface area contributed by atoms with Crippen molar-refractivity contribution >= 4 is 44.7 Å². The molecule has 2 saturated heterocycles. The normalized spacial score (nSPS) is 16.0. The fraction of sp³-hybridized carbons (Fsp3) is 0.561. The summed E-state index contributed by atoms with van der Waals surface area (Å²) in [5.74, 6) is 0.519. The molecule has 298 valence electrons. The molecule has 0 bridgehead atoms. The zero-order valence-corrected chi connectivity index (χ0v) is 34.1. The van der Waals surface area contributed by atoms with Crippen LogP contribution in [0.1, 0.15) is 78.1 Å². The summed E-state index contributed by atoms with van der Waals surface area (Å²) in [5.41, 5.74) is 4.35. The van der Waals surface area contributed by atoms with Gasteiger partial charge in [0.25, 0.3) is 5.91 Å². The molecule has 0 unspecified atom stereocenters. The van der Waals surface area contributed by atoms with Gasteiger partial charge in [0.15, 0.2) is 0 Å². The molecule has 4 aromatic rings. The number of carbonyl (C=O) groups excluding carboxylic acids is 2. The van der Waals surface area contributed by atoms with E-state index in [0.29, 0.717) is 82.6 Å². The molecule has 2 amide bonds. The molecule has 0 aliphatic carbocycles. The summed E-state index contributed by atoms with van der Waals surface area (Å²) in [4.78, 5) is 51.3. The molecule has 6 rings (SSSR count). The molecule has 14 heteroatoms. The monoisotopic (exact) mass is 792 g/mol. The van der Waals surface area contributed by atoms with E-state index in [0.717, 1.165) is 78.3 Å². The summed E-state index contributed by atoms with van der Waals surface area (Å²) >= 11 is 2.68. The third kappa shape index (κ3) is 11.0. The Morgan fingerprint density at radius 3 is 2.65 bits per heavy atom. The summed E-state index contributed by atoms with van der Waals surface area (Å²) in [5, 5.41) is 16.3. The molecule has 4 heterocycles. The molecule has 2 aromatic heterocycles. The number of likely N-dealkylation sites (N-methyl/N-ethyl adjacent to an activating group) is 1. The maximum atomic E-state index is 13.3. The minimum Gasteiger partial charge on any atom is -0.506 e. The van der Waals surface area contributed by atoms with Crippen LogP contribution in [0.25, 0.3) is 10.2 Å². The number of hydrogen-bond acceptors (Lipinski definition) is 11. The van der Waals surface area contributed by atoms with Crippen molar-refractivity contribution in [3.8, 4) is 5.75 Å². The number of benzene rings is 2. The number of aromatic nitrogens is 2. The number of fused-ring (bicyclic) bond motifs is 1. The number of ether oxygens (including phenoxy) is 2. The van der Waals surface area contributed by atoms with E-state index in [-0.39, 0.29) is 28.0 Å². The van der Waals surface area contributed by atoms with Crippen LogP contribution >= 0.6 is 22.7 Å². The Morgan fingerprint density at radius 2 is 1.89 bits per heavy atom. The Kier molecular flexibility index (Phi) is 14.5. The number of phenolic OH excluding ortho intramolecular Hbond substituents is 1. The Hall–Kier alpha value is -3.66. The van der Waals surface area contributed by atoms with E-state index < -0.39 is 0 Å². The summed E-state index contributed by atoms with van der Waals surface area (Å²) in [6.07, 6.45) is 4.69. The predicted octanol–water partition coefficient (Wildman–Crippen LogP) is 5.05. The van der Waals surface area contributed by atoms with Crippen LogP contribution in [0.5, 0.6) is 5.75 Å². The fourth-order valence-electron chi connectivity index (χ4n) is 7.45. The number of nitrogens with one attached hydrogen (secondary N) is 2. The van der Waals surface area contributed by atoms with Crippen LogP contribution in [0.3, 0.4) is 0 Å². The lowest BCUT2D eigenvalue weighted by Gasteiger charge is -2.47. The number of amides is 2. The number of carbonyl (C=O) groups is 2. The minimum atomic E-state index is -0.267. The van der Waals surface area contributed by atoms with Crippen molar-refractivity contribution in [1.29, 1.82) is 0 Å². The lowest BCUT2D eigenvalue weighted by atomic mass is 9.89. The molecule has 2 fully saturated rings. The second-order valence-corrected chi connectivity index (χ2v) is 16.8. The van der Waals surface area contributed by atoms with E-state index >= 15 is 0 Å². The van der Waals surface area contributed by atoms with Crippen LogP contribution in [-0.2, 0) is 33.5 Å². The number of H-pyrrole nitrogens is 1. The van der Waals surface area contributed by atoms with Crippen molar-refractivity contribution < 1.29 is 24.2 Å². The molecular formula is C41H56N6O6S2. The first-order valence-corrected chi connectivity index (χ1v) is 21.4. The number of thiazole rings is 2. The number of likely N-dealkylation sites (tertiary alicyclic amines) is 1. The highest BCUT2D eigenvalue weighted by Crippen LogP contribution is 2.32. The smallest absolute Gasteiger partial charge is 0.305 e. The molecule has 0 radical (unpaired) electrons. The van der Waals surface area contributed by atoms with Gasteiger partial charge in [0.2, 0.25) is 5.91 Å². The van der Waals surface area contributed by atoms with Crippen molar-refractivity contribution in [3.63, 3.8) is 0 Å². The molecule has 1 spiro atoms. The highest BCUT2D eigenvalue weighted by atomic mass is 32.1. The van der Waals surface area contributed by atoms with E-state index in [1.807, 2.05) is 28.2 Å². The number of nitrogens with zero attached hydrogens (tertiary/aromatic N) is 4. The maximum Gasteiger partial charge on any atom is 0.305 e. The highest BCUT2D eigenvalue weighted by molar-refractivity contribution is 7.16. The molecule has 0 saturated carbocycles. The second-order valence-electron chi connectivity index (χ2n) is 14.9. The topological polar surface area (TPSA) is 140 Å². The summed E-state index contributed by atoms with van der Waals surface area (Å²) in [7, 11) is 0. The van der Waals surface area contributed by atoms with Gasteiger partial charge in [-0.3, -0.25) is 14.4 Å². The van der Waals surface area contributed by atoms with E-state index in [1.165, 1.54) is 11.1 Å². The zero-order chi connectivity index (χ0) is 38.8. The largest absolute Gasteiger partial charge is 0.506 e. The summed E-state index contributed by atoms with van der Waals surface area (Å²) < 4.78 is 13.0. The van der Waals surface area contributed by atoms with Crippen molar-refractivity contribution in [2.24, 2.45) is 0 Å². The van der Waals surface area contributed by atoms with Crippen LogP contribution in [0, 0.1) is 0 Å². The van der Waals surface area contributed by atoms with Gasteiger partial charge in [0.1, 0.15) is 17.0 Å². The first-order chi connectivity index (χ1) is 26.6. The Balaban J connectivity index is 0.841. The van der Waals surface area contributed by atoms with Crippen molar-refractivity contribution in [2.45, 2.75) is 70.8 Å². The van der Waals surface area contributed by atoms with Crippen LogP contribution in [-0.4, -0.2) is 126 Å². The third-order valence-corrected chi connectivity index (χ3v) is 12.8. The molecule has 0 atom stereocenters. The van der Waals surface area contributed by atoms with Gasteiger partial charge >= 0.3 is 4.87 Å². The predicted molar refractivity (Wildman–Crippen MR) is 219 cm³/mol. The number of aromatic hydroxyl groups is 1. The first-order valence-electron chi connectivity index (χ1n) is 19.7. The maximum absolute atomic E-state index is 13.3. The van der Waals surface area contributed by atoms with Gasteiger partial charge in [0.05, 0.1) is 48.1 Å². The summed E-state index contributed by atoms with van der Waals surface area (Å²) in [6.45, 7) is 14.5. The van der Waals surface area contributed by atoms with Crippen LogP contribution in [0.4, 0.5) is 0 Å². The van der Waals surface area contributed by atoms with Crippen LogP contribution < -0.4 is 10.2 Å². The lowest BCUT2D eigenvalue weighted by Crippen LogP contribution is -2.58. The lowest BCUT2D eigenvalue weighted by molar-refractivity contribution is -0.132. The number of aromatic amines is 1. The van der Waals surface area contributed by atoms with Crippen LogP contribution in [0.2, 0.25) is 0 Å². The molecule has 2 aromatic carbocycles. The van der Waals surface area contributed by atoms with Gasteiger partial charge in [-0.05, 0) is 68.3 Å². The highest BCUT2D eigenvalue weighted by Gasteiger charge is 2.41. The van der Waals surface area contributed by atoms with E-state index in [1.54, 1.807) is 17.4 Å². The molecule has 12 nitrogen and oxygen atoms in total. The SMILES string of the molecule is CCN(CCNCCc1ccc(O)c2[nH]c(=O)sc12)C(=O)CCOCCc1cccc(CCN2CCC3(CC2)CN(C(=O)c2csc(C(C)C)n2)CCO3)c1. The van der Waals surface area contributed by atoms with Crippen molar-refractivity contribution in [1.82, 2.24) is 30.0 Å². The fourth-order valence-corrected chi connectivity index (χ4v) is 9.15. The zero-order valence-electron chi connectivity index (χ0n) is 32.4. The number of rotatable bonds is 18. The van der Waals surface area contributed by atoms with Gasteiger partial charge < -0.3 is 39.6 Å².